The molecule has 4 rings (SSSR count). The van der Waals surface area contributed by atoms with Crippen molar-refractivity contribution in [2.75, 3.05) is 12.4 Å². The van der Waals surface area contributed by atoms with Crippen molar-refractivity contribution < 1.29 is 4.74 Å². The number of nitrogens with zero attached hydrogens (tertiary/aromatic N) is 1. The van der Waals surface area contributed by atoms with Gasteiger partial charge in [-0.1, -0.05) is 54.2 Å². The first-order chi connectivity index (χ1) is 14.1. The average molecular weight is 423 g/mol. The van der Waals surface area contributed by atoms with Crippen molar-refractivity contribution in [2.45, 2.75) is 25.4 Å². The Balaban J connectivity index is 1.43. The molecule has 4 nitrogen and oxygen atoms in total. The number of H-pyrrole nitrogens is 1. The molecule has 2 aromatic carbocycles. The first-order valence-electron chi connectivity index (χ1n) is 9.53. The highest BCUT2D eigenvalue weighted by atomic mass is 32.2. The molecule has 0 aliphatic carbocycles. The Morgan fingerprint density at radius 1 is 1.10 bits per heavy atom. The van der Waals surface area contributed by atoms with Gasteiger partial charge in [0.15, 0.2) is 5.16 Å². The lowest BCUT2D eigenvalue weighted by Gasteiger charge is -2.06. The van der Waals surface area contributed by atoms with Crippen LogP contribution in [0.5, 0.6) is 5.75 Å². The molecule has 0 fully saturated rings. The normalized spacial score (nSPS) is 11.1. The fourth-order valence-electron chi connectivity index (χ4n) is 3.24. The first kappa shape index (κ1) is 19.7. The van der Waals surface area contributed by atoms with Crippen LogP contribution >= 0.6 is 23.1 Å². The maximum atomic E-state index is 12.8. The number of thioether (sulfide) groups is 1. The van der Waals surface area contributed by atoms with E-state index in [0.717, 1.165) is 38.8 Å². The number of aromatic nitrogens is 2. The molecule has 0 amide bonds. The van der Waals surface area contributed by atoms with Gasteiger partial charge in [-0.2, -0.15) is 0 Å². The van der Waals surface area contributed by atoms with Gasteiger partial charge in [0.1, 0.15) is 10.6 Å². The van der Waals surface area contributed by atoms with Gasteiger partial charge >= 0.3 is 0 Å². The van der Waals surface area contributed by atoms with Gasteiger partial charge in [0, 0.05) is 16.2 Å². The smallest absolute Gasteiger partial charge is 0.260 e. The Morgan fingerprint density at radius 2 is 1.93 bits per heavy atom. The highest BCUT2D eigenvalue weighted by molar-refractivity contribution is 7.99. The molecule has 0 saturated carbocycles. The summed E-state index contributed by atoms with van der Waals surface area (Å²) in [5.74, 6) is 1.72. The monoisotopic (exact) mass is 422 g/mol. The van der Waals surface area contributed by atoms with E-state index in [1.165, 1.54) is 5.56 Å². The van der Waals surface area contributed by atoms with Gasteiger partial charge in [-0.15, -0.1) is 11.3 Å². The highest BCUT2D eigenvalue weighted by Crippen LogP contribution is 2.35. The summed E-state index contributed by atoms with van der Waals surface area (Å²) < 4.78 is 5.78. The quantitative estimate of drug-likeness (QED) is 0.231. The summed E-state index contributed by atoms with van der Waals surface area (Å²) in [4.78, 5) is 22.3. The fraction of sp³-hybridized carbons (Fsp3) is 0.217. The van der Waals surface area contributed by atoms with Crippen LogP contribution in [0.4, 0.5) is 0 Å². The van der Waals surface area contributed by atoms with E-state index < -0.39 is 0 Å². The number of nitrogens with one attached hydrogen (secondary N) is 1. The zero-order chi connectivity index (χ0) is 20.2. The van der Waals surface area contributed by atoms with Crippen molar-refractivity contribution in [2.24, 2.45) is 0 Å². The Kier molecular flexibility index (Phi) is 6.02. The summed E-state index contributed by atoms with van der Waals surface area (Å²) in [7, 11) is 0. The van der Waals surface area contributed by atoms with Crippen LogP contribution in [0.1, 0.15) is 16.9 Å². The van der Waals surface area contributed by atoms with Crippen molar-refractivity contribution in [3.63, 3.8) is 0 Å². The number of hydrogen-bond donors (Lipinski definition) is 1. The molecule has 6 heteroatoms. The molecule has 0 saturated heterocycles. The lowest BCUT2D eigenvalue weighted by Crippen LogP contribution is -2.09. The number of ether oxygens (including phenoxy) is 1. The molecule has 2 heterocycles. The molecule has 0 spiro atoms. The lowest BCUT2D eigenvalue weighted by atomic mass is 10.0. The first-order valence-corrected chi connectivity index (χ1v) is 11.3. The Bertz CT molecular complexity index is 1180. The molecule has 2 aromatic heterocycles. The number of rotatable bonds is 7. The van der Waals surface area contributed by atoms with Crippen molar-refractivity contribution >= 4 is 33.3 Å². The van der Waals surface area contributed by atoms with Crippen molar-refractivity contribution in [3.8, 4) is 16.9 Å². The summed E-state index contributed by atoms with van der Waals surface area (Å²) in [5.41, 5.74) is 3.16. The van der Waals surface area contributed by atoms with E-state index in [1.807, 2.05) is 55.5 Å². The third-order valence-electron chi connectivity index (χ3n) is 4.56. The van der Waals surface area contributed by atoms with Crippen LogP contribution in [0.15, 0.2) is 64.5 Å². The number of aromatic amines is 1. The molecular formula is C23H22N2O2S2. The Labute approximate surface area is 178 Å². The van der Waals surface area contributed by atoms with Crippen molar-refractivity contribution in [1.29, 1.82) is 0 Å². The standard InChI is InChI=1S/C23H22N2O2S2/c1-15-8-6-11-18(14-15)27-12-7-13-28-23-24-21(26)20-19(16(2)29-22(20)25-23)17-9-4-3-5-10-17/h3-6,8-11,14H,7,12-13H2,1-2H3,(H,24,25,26). The topological polar surface area (TPSA) is 55.0 Å². The number of thiophene rings is 1. The van der Waals surface area contributed by atoms with Crippen LogP contribution in [0.25, 0.3) is 21.3 Å². The zero-order valence-corrected chi connectivity index (χ0v) is 18.0. The van der Waals surface area contributed by atoms with Crippen LogP contribution in [-0.2, 0) is 0 Å². The van der Waals surface area contributed by atoms with Gasteiger partial charge in [-0.3, -0.25) is 4.79 Å². The van der Waals surface area contributed by atoms with E-state index in [0.29, 0.717) is 17.1 Å². The molecule has 1 N–H and O–H groups in total. The minimum atomic E-state index is -0.0725. The maximum absolute atomic E-state index is 12.8. The molecule has 0 bridgehead atoms. The molecule has 0 aliphatic heterocycles. The molecule has 0 unspecified atom stereocenters. The maximum Gasteiger partial charge on any atom is 0.260 e. The van der Waals surface area contributed by atoms with Crippen molar-refractivity contribution in [3.05, 3.63) is 75.4 Å². The third-order valence-corrected chi connectivity index (χ3v) is 6.52. The van der Waals surface area contributed by atoms with Crippen LogP contribution in [0, 0.1) is 13.8 Å². The van der Waals surface area contributed by atoms with Gasteiger partial charge < -0.3 is 9.72 Å². The molecule has 29 heavy (non-hydrogen) atoms. The van der Waals surface area contributed by atoms with Gasteiger partial charge in [0.2, 0.25) is 0 Å². The van der Waals surface area contributed by atoms with Gasteiger partial charge in [-0.25, -0.2) is 4.98 Å². The minimum Gasteiger partial charge on any atom is -0.494 e. The van der Waals surface area contributed by atoms with E-state index in [4.69, 9.17) is 9.72 Å². The van der Waals surface area contributed by atoms with Gasteiger partial charge in [0.05, 0.1) is 12.0 Å². The van der Waals surface area contributed by atoms with E-state index >= 15 is 0 Å². The SMILES string of the molecule is Cc1cccc(OCCCSc2nc3sc(C)c(-c4ccccc4)c3c(=O)[nH]2)c1. The summed E-state index contributed by atoms with van der Waals surface area (Å²) in [6, 6.07) is 18.1. The number of aryl methyl sites for hydroxylation is 2. The highest BCUT2D eigenvalue weighted by Gasteiger charge is 2.16. The predicted octanol–water partition coefficient (Wildman–Crippen LogP) is 5.83. The number of hydrogen-bond acceptors (Lipinski definition) is 5. The van der Waals surface area contributed by atoms with Gasteiger partial charge in [-0.05, 0) is 43.5 Å². The minimum absolute atomic E-state index is 0.0725. The molecule has 4 aromatic rings. The van der Waals surface area contributed by atoms with E-state index in [-0.39, 0.29) is 5.56 Å². The summed E-state index contributed by atoms with van der Waals surface area (Å²) >= 11 is 3.13. The summed E-state index contributed by atoms with van der Waals surface area (Å²) in [6.45, 7) is 4.74. The van der Waals surface area contributed by atoms with E-state index in [1.54, 1.807) is 23.1 Å². The van der Waals surface area contributed by atoms with Crippen LogP contribution < -0.4 is 10.3 Å². The second-order valence-electron chi connectivity index (χ2n) is 6.82. The second-order valence-corrected chi connectivity index (χ2v) is 9.10. The zero-order valence-electron chi connectivity index (χ0n) is 16.4. The van der Waals surface area contributed by atoms with Gasteiger partial charge in [0.25, 0.3) is 5.56 Å². The average Bonchev–Trinajstić information content (AvgIpc) is 3.05. The van der Waals surface area contributed by atoms with Crippen LogP contribution in [-0.4, -0.2) is 22.3 Å². The second kappa shape index (κ2) is 8.84. The van der Waals surface area contributed by atoms with Crippen molar-refractivity contribution in [1.82, 2.24) is 9.97 Å². The lowest BCUT2D eigenvalue weighted by molar-refractivity contribution is 0.318. The molecule has 148 valence electrons. The van der Waals surface area contributed by atoms with E-state index in [2.05, 4.69) is 18.0 Å². The molecule has 0 aliphatic rings. The number of fused-ring (bicyclic) bond motifs is 1. The predicted molar refractivity (Wildman–Crippen MR) is 122 cm³/mol. The van der Waals surface area contributed by atoms with Crippen LogP contribution in [0.3, 0.4) is 0 Å². The third kappa shape index (κ3) is 4.54. The Morgan fingerprint density at radius 3 is 2.72 bits per heavy atom. The summed E-state index contributed by atoms with van der Waals surface area (Å²) in [6.07, 6.45) is 0.874. The van der Waals surface area contributed by atoms with Crippen LogP contribution in [0.2, 0.25) is 0 Å². The fourth-order valence-corrected chi connectivity index (χ4v) is 5.12. The largest absolute Gasteiger partial charge is 0.494 e. The molecule has 0 atom stereocenters. The summed E-state index contributed by atoms with van der Waals surface area (Å²) in [5, 5.41) is 1.35. The Hall–Kier alpha value is -2.57. The van der Waals surface area contributed by atoms with E-state index in [9.17, 15) is 4.79 Å². The number of benzene rings is 2. The molecular weight excluding hydrogens is 400 g/mol. The molecule has 0 radical (unpaired) electrons.